The summed E-state index contributed by atoms with van der Waals surface area (Å²) in [7, 11) is 0. The lowest BCUT2D eigenvalue weighted by Gasteiger charge is -2.32. The first-order valence-corrected chi connectivity index (χ1v) is 8.93. The van der Waals surface area contributed by atoms with Crippen LogP contribution >= 0.6 is 0 Å². The molecule has 1 N–H and O–H groups in total. The molecular weight excluding hydrogens is 332 g/mol. The van der Waals surface area contributed by atoms with Crippen LogP contribution in [0.4, 0.5) is 0 Å². The van der Waals surface area contributed by atoms with Gasteiger partial charge in [-0.25, -0.2) is 0 Å². The van der Waals surface area contributed by atoms with Crippen LogP contribution in [0.3, 0.4) is 0 Å². The molecular formula is C20H22N2O4. The van der Waals surface area contributed by atoms with Gasteiger partial charge in [-0.1, -0.05) is 0 Å². The maximum Gasteiger partial charge on any atom is 0.251 e. The van der Waals surface area contributed by atoms with Crippen molar-refractivity contribution in [3.05, 3.63) is 53.3 Å². The Morgan fingerprint density at radius 3 is 3.04 bits per heavy atom. The van der Waals surface area contributed by atoms with Gasteiger partial charge in [-0.15, -0.1) is 0 Å². The number of pyridine rings is 1. The summed E-state index contributed by atoms with van der Waals surface area (Å²) in [6.07, 6.45) is 3.13. The first kappa shape index (κ1) is 16.8. The Kier molecular flexibility index (Phi) is 4.75. The van der Waals surface area contributed by atoms with Crippen LogP contribution in [0.2, 0.25) is 0 Å². The van der Waals surface area contributed by atoms with Gasteiger partial charge in [0.2, 0.25) is 0 Å². The number of ether oxygens (including phenoxy) is 3. The number of hydrogen-bond acceptors (Lipinski definition) is 5. The lowest BCUT2D eigenvalue weighted by Crippen LogP contribution is -2.51. The molecule has 2 aliphatic heterocycles. The summed E-state index contributed by atoms with van der Waals surface area (Å²) in [5, 5.41) is 3.06. The molecule has 1 saturated heterocycles. The average Bonchev–Trinajstić information content (AvgIpc) is 3.13. The van der Waals surface area contributed by atoms with Crippen molar-refractivity contribution in [2.75, 3.05) is 19.8 Å². The standard InChI is InChI=1S/C20H22N2O4/c1-13-2-4-16(11-21-13)26-19-7-8-24-12-17(19)22-20(23)15-3-5-18-14(10-15)6-9-25-18/h2-5,10-11,17,19H,6-9,12H2,1H3,(H,22,23)/t17-,19+/m1/s1. The van der Waals surface area contributed by atoms with Gasteiger partial charge in [0.05, 0.1) is 32.1 Å². The monoisotopic (exact) mass is 354 g/mol. The van der Waals surface area contributed by atoms with E-state index in [4.69, 9.17) is 14.2 Å². The zero-order valence-electron chi connectivity index (χ0n) is 14.7. The zero-order chi connectivity index (χ0) is 17.9. The topological polar surface area (TPSA) is 69.7 Å². The average molecular weight is 354 g/mol. The highest BCUT2D eigenvalue weighted by Gasteiger charge is 2.29. The molecule has 0 saturated carbocycles. The van der Waals surface area contributed by atoms with E-state index < -0.39 is 0 Å². The maximum atomic E-state index is 12.7. The number of fused-ring (bicyclic) bond motifs is 1. The molecule has 1 aromatic heterocycles. The fourth-order valence-corrected chi connectivity index (χ4v) is 3.27. The van der Waals surface area contributed by atoms with Crippen LogP contribution in [-0.2, 0) is 11.2 Å². The molecule has 1 amide bonds. The summed E-state index contributed by atoms with van der Waals surface area (Å²) >= 11 is 0. The van der Waals surface area contributed by atoms with Crippen LogP contribution in [0.5, 0.6) is 11.5 Å². The van der Waals surface area contributed by atoms with E-state index in [0.29, 0.717) is 31.1 Å². The lowest BCUT2D eigenvalue weighted by molar-refractivity contribution is -0.00301. The third kappa shape index (κ3) is 3.65. The summed E-state index contributed by atoms with van der Waals surface area (Å²) in [5.74, 6) is 1.46. The summed E-state index contributed by atoms with van der Waals surface area (Å²) in [6.45, 7) is 3.66. The van der Waals surface area contributed by atoms with Gasteiger partial charge in [0.1, 0.15) is 17.6 Å². The number of hydrogen-bond donors (Lipinski definition) is 1. The molecule has 3 heterocycles. The van der Waals surface area contributed by atoms with Crippen LogP contribution < -0.4 is 14.8 Å². The number of nitrogens with zero attached hydrogens (tertiary/aromatic N) is 1. The van der Waals surface area contributed by atoms with Crippen LogP contribution in [0.25, 0.3) is 0 Å². The van der Waals surface area contributed by atoms with Gasteiger partial charge >= 0.3 is 0 Å². The minimum Gasteiger partial charge on any atom is -0.493 e. The summed E-state index contributed by atoms with van der Waals surface area (Å²) in [4.78, 5) is 16.9. The summed E-state index contributed by atoms with van der Waals surface area (Å²) in [6, 6.07) is 9.17. The van der Waals surface area contributed by atoms with Crippen molar-refractivity contribution in [3.8, 4) is 11.5 Å². The second kappa shape index (κ2) is 7.33. The number of aryl methyl sites for hydroxylation is 1. The number of nitrogens with one attached hydrogen (secondary N) is 1. The number of benzene rings is 1. The lowest BCUT2D eigenvalue weighted by atomic mass is 10.0. The number of aromatic nitrogens is 1. The third-order valence-corrected chi connectivity index (χ3v) is 4.73. The van der Waals surface area contributed by atoms with E-state index in [1.807, 2.05) is 31.2 Å². The molecule has 2 atom stereocenters. The molecule has 1 aromatic carbocycles. The molecule has 0 spiro atoms. The fourth-order valence-electron chi connectivity index (χ4n) is 3.27. The minimum absolute atomic E-state index is 0.120. The van der Waals surface area contributed by atoms with Gasteiger partial charge < -0.3 is 19.5 Å². The van der Waals surface area contributed by atoms with Crippen molar-refractivity contribution < 1.29 is 19.0 Å². The first-order chi connectivity index (χ1) is 12.7. The van der Waals surface area contributed by atoms with Gasteiger partial charge in [-0.3, -0.25) is 9.78 Å². The van der Waals surface area contributed by atoms with Crippen LogP contribution in [0, 0.1) is 6.92 Å². The molecule has 0 unspecified atom stereocenters. The van der Waals surface area contributed by atoms with E-state index in [2.05, 4.69) is 10.3 Å². The Labute approximate surface area is 152 Å². The predicted octanol–water partition coefficient (Wildman–Crippen LogP) is 2.29. The van der Waals surface area contributed by atoms with Crippen LogP contribution in [0.15, 0.2) is 36.5 Å². The quantitative estimate of drug-likeness (QED) is 0.912. The van der Waals surface area contributed by atoms with Crippen LogP contribution in [0.1, 0.15) is 28.0 Å². The molecule has 1 fully saturated rings. The zero-order valence-corrected chi connectivity index (χ0v) is 14.7. The van der Waals surface area contributed by atoms with E-state index in [9.17, 15) is 4.79 Å². The second-order valence-corrected chi connectivity index (χ2v) is 6.66. The van der Waals surface area contributed by atoms with E-state index in [1.165, 1.54) is 0 Å². The highest BCUT2D eigenvalue weighted by Crippen LogP contribution is 2.26. The smallest absolute Gasteiger partial charge is 0.251 e. The molecule has 4 rings (SSSR count). The van der Waals surface area contributed by atoms with Crippen molar-refractivity contribution in [2.24, 2.45) is 0 Å². The van der Waals surface area contributed by atoms with Gasteiger partial charge in [0, 0.05) is 24.1 Å². The Balaban J connectivity index is 1.44. The normalized spacial score (nSPS) is 21.6. The summed E-state index contributed by atoms with van der Waals surface area (Å²) < 4.78 is 17.1. The minimum atomic E-state index is -0.206. The van der Waals surface area contributed by atoms with E-state index in [0.717, 1.165) is 29.8 Å². The molecule has 26 heavy (non-hydrogen) atoms. The molecule has 136 valence electrons. The van der Waals surface area contributed by atoms with Crippen molar-refractivity contribution in [3.63, 3.8) is 0 Å². The molecule has 0 radical (unpaired) electrons. The third-order valence-electron chi connectivity index (χ3n) is 4.73. The Hall–Kier alpha value is -2.60. The van der Waals surface area contributed by atoms with Crippen molar-refractivity contribution in [2.45, 2.75) is 31.9 Å². The molecule has 2 aliphatic rings. The largest absolute Gasteiger partial charge is 0.493 e. The molecule has 0 aliphatic carbocycles. The Morgan fingerprint density at radius 1 is 1.27 bits per heavy atom. The van der Waals surface area contributed by atoms with E-state index in [-0.39, 0.29) is 18.1 Å². The number of amides is 1. The van der Waals surface area contributed by atoms with Gasteiger partial charge in [-0.05, 0) is 42.8 Å². The molecule has 0 bridgehead atoms. The second-order valence-electron chi connectivity index (χ2n) is 6.66. The molecule has 6 heteroatoms. The van der Waals surface area contributed by atoms with E-state index in [1.54, 1.807) is 12.3 Å². The summed E-state index contributed by atoms with van der Waals surface area (Å²) in [5.41, 5.74) is 2.65. The van der Waals surface area contributed by atoms with Crippen LogP contribution in [-0.4, -0.2) is 42.9 Å². The predicted molar refractivity (Wildman–Crippen MR) is 95.7 cm³/mol. The van der Waals surface area contributed by atoms with Crippen molar-refractivity contribution in [1.82, 2.24) is 10.3 Å². The van der Waals surface area contributed by atoms with E-state index >= 15 is 0 Å². The molecule has 2 aromatic rings. The number of rotatable bonds is 4. The van der Waals surface area contributed by atoms with Gasteiger partial charge in [-0.2, -0.15) is 0 Å². The maximum absolute atomic E-state index is 12.7. The highest BCUT2D eigenvalue weighted by molar-refractivity contribution is 5.94. The Bertz CT molecular complexity index is 791. The SMILES string of the molecule is Cc1ccc(O[C@H]2CCOC[C@H]2NC(=O)c2ccc3c(c2)CCO3)cn1. The number of carbonyl (C=O) groups excluding carboxylic acids is 1. The molecule has 6 nitrogen and oxygen atoms in total. The van der Waals surface area contributed by atoms with Gasteiger partial charge in [0.25, 0.3) is 5.91 Å². The fraction of sp³-hybridized carbons (Fsp3) is 0.400. The number of carbonyl (C=O) groups is 1. The highest BCUT2D eigenvalue weighted by atomic mass is 16.5. The van der Waals surface area contributed by atoms with Crippen molar-refractivity contribution >= 4 is 5.91 Å². The first-order valence-electron chi connectivity index (χ1n) is 8.93. The van der Waals surface area contributed by atoms with Crippen molar-refractivity contribution in [1.29, 1.82) is 0 Å². The Morgan fingerprint density at radius 2 is 2.19 bits per heavy atom. The van der Waals surface area contributed by atoms with Gasteiger partial charge in [0.15, 0.2) is 0 Å².